The van der Waals surface area contributed by atoms with Gasteiger partial charge in [-0.05, 0) is 83.7 Å². The number of halogens is 3. The standard InChI is InChI=1S/C16H18Cl3N.C12H24N2O/c1-10(2)5-8-15(18)12(4)20-11(3)14-7-6-13(17)9-16(14)19;1-4-9-14(10-5-2)11(15)12(3)7-6-8-13-12/h5-9,11,20H,4H2,1-3H3;13H,4-10H2,1-3H3/b15-8+;/t;12-/m.1/s1. The smallest absolute Gasteiger partial charge is 0.242 e. The van der Waals surface area contributed by atoms with Crippen LogP contribution in [0.3, 0.4) is 0 Å². The van der Waals surface area contributed by atoms with Crippen molar-refractivity contribution in [2.75, 3.05) is 19.6 Å². The number of nitrogens with zero attached hydrogens (tertiary/aromatic N) is 1. The number of benzene rings is 1. The molecule has 4 nitrogen and oxygen atoms in total. The molecule has 2 atom stereocenters. The molecule has 0 saturated carbocycles. The van der Waals surface area contributed by atoms with E-state index in [0.29, 0.717) is 26.7 Å². The lowest BCUT2D eigenvalue weighted by Gasteiger charge is -2.31. The largest absolute Gasteiger partial charge is 0.378 e. The second-order valence-corrected chi connectivity index (χ2v) is 10.7. The molecule has 2 rings (SSSR count). The normalized spacial score (nSPS) is 18.3. The highest BCUT2D eigenvalue weighted by molar-refractivity contribution is 6.35. The Labute approximate surface area is 227 Å². The van der Waals surface area contributed by atoms with Gasteiger partial charge in [0.15, 0.2) is 0 Å². The van der Waals surface area contributed by atoms with Crippen LogP contribution in [-0.4, -0.2) is 36.0 Å². The maximum Gasteiger partial charge on any atom is 0.242 e. The number of nitrogens with one attached hydrogen (secondary N) is 2. The van der Waals surface area contributed by atoms with Crippen LogP contribution in [0.1, 0.15) is 78.8 Å². The summed E-state index contributed by atoms with van der Waals surface area (Å²) < 4.78 is 0. The third-order valence-electron chi connectivity index (χ3n) is 5.79. The van der Waals surface area contributed by atoms with E-state index < -0.39 is 0 Å². The molecule has 1 saturated heterocycles. The van der Waals surface area contributed by atoms with E-state index in [2.05, 4.69) is 31.1 Å². The Bertz CT molecular complexity index is 895. The monoisotopic (exact) mass is 541 g/mol. The minimum absolute atomic E-state index is 0.0129. The molecule has 1 aliphatic heterocycles. The Kier molecular flexibility index (Phi) is 14.1. The Balaban J connectivity index is 0.000000365. The first-order valence-corrected chi connectivity index (χ1v) is 13.5. The Morgan fingerprint density at radius 3 is 2.34 bits per heavy atom. The fourth-order valence-electron chi connectivity index (χ4n) is 3.88. The lowest BCUT2D eigenvalue weighted by Crippen LogP contribution is -2.53. The van der Waals surface area contributed by atoms with Gasteiger partial charge in [-0.25, -0.2) is 0 Å². The molecule has 1 aromatic rings. The zero-order chi connectivity index (χ0) is 26.6. The molecule has 1 aliphatic rings. The second-order valence-electron chi connectivity index (χ2n) is 9.42. The van der Waals surface area contributed by atoms with E-state index >= 15 is 0 Å². The van der Waals surface area contributed by atoms with Crippen molar-refractivity contribution in [3.63, 3.8) is 0 Å². The summed E-state index contributed by atoms with van der Waals surface area (Å²) in [6, 6.07) is 5.41. The highest BCUT2D eigenvalue weighted by Crippen LogP contribution is 2.27. The van der Waals surface area contributed by atoms with Crippen LogP contribution in [-0.2, 0) is 4.79 Å². The number of amides is 1. The Morgan fingerprint density at radius 2 is 1.86 bits per heavy atom. The van der Waals surface area contributed by atoms with Gasteiger partial charge in [0.05, 0.1) is 16.6 Å². The van der Waals surface area contributed by atoms with E-state index in [1.165, 1.54) is 5.57 Å². The molecule has 1 unspecified atom stereocenters. The lowest BCUT2D eigenvalue weighted by molar-refractivity contribution is -0.137. The average Bonchev–Trinajstić information content (AvgIpc) is 3.24. The minimum atomic E-state index is -0.287. The van der Waals surface area contributed by atoms with E-state index in [1.807, 2.05) is 56.9 Å². The molecule has 0 aliphatic carbocycles. The molecule has 7 heteroatoms. The fraction of sp³-hybridized carbons (Fsp3) is 0.536. The average molecular weight is 543 g/mol. The number of carbonyl (C=O) groups excluding carboxylic acids is 1. The molecule has 2 N–H and O–H groups in total. The Morgan fingerprint density at radius 1 is 1.23 bits per heavy atom. The summed E-state index contributed by atoms with van der Waals surface area (Å²) in [4.78, 5) is 14.3. The van der Waals surface area contributed by atoms with Gasteiger partial charge < -0.3 is 15.5 Å². The van der Waals surface area contributed by atoms with Gasteiger partial charge in [0.2, 0.25) is 5.91 Å². The van der Waals surface area contributed by atoms with Crippen molar-refractivity contribution in [3.8, 4) is 0 Å². The SMILES string of the molecule is C=C(NC(C)c1ccc(Cl)cc1Cl)/C(Cl)=C\C=C(C)C.CCCN(CCC)C(=O)[C@@]1(C)CCCN1. The molecule has 1 heterocycles. The number of allylic oxidation sites excluding steroid dienone is 4. The van der Waals surface area contributed by atoms with Crippen LogP contribution in [0.2, 0.25) is 10.0 Å². The molecule has 1 fully saturated rings. The first kappa shape index (κ1) is 31.6. The van der Waals surface area contributed by atoms with Crippen LogP contribution in [0.4, 0.5) is 0 Å². The van der Waals surface area contributed by atoms with Crippen LogP contribution in [0, 0.1) is 0 Å². The Hall–Kier alpha value is -1.46. The van der Waals surface area contributed by atoms with Crippen molar-refractivity contribution in [3.05, 3.63) is 68.8 Å². The van der Waals surface area contributed by atoms with E-state index in [0.717, 1.165) is 50.9 Å². The van der Waals surface area contributed by atoms with Crippen molar-refractivity contribution < 1.29 is 4.79 Å². The van der Waals surface area contributed by atoms with Crippen LogP contribution in [0.5, 0.6) is 0 Å². The first-order chi connectivity index (χ1) is 16.4. The highest BCUT2D eigenvalue weighted by Gasteiger charge is 2.38. The summed E-state index contributed by atoms with van der Waals surface area (Å²) in [5, 5.41) is 8.38. The minimum Gasteiger partial charge on any atom is -0.378 e. The maximum atomic E-state index is 12.3. The van der Waals surface area contributed by atoms with Gasteiger partial charge in [0.25, 0.3) is 0 Å². The summed E-state index contributed by atoms with van der Waals surface area (Å²) in [5.41, 5.74) is 2.49. The molecular weight excluding hydrogens is 501 g/mol. The van der Waals surface area contributed by atoms with Gasteiger partial charge in [-0.2, -0.15) is 0 Å². The van der Waals surface area contributed by atoms with Gasteiger partial charge in [-0.1, -0.05) is 72.9 Å². The van der Waals surface area contributed by atoms with Crippen molar-refractivity contribution in [1.29, 1.82) is 0 Å². The van der Waals surface area contributed by atoms with Crippen LogP contribution in [0.15, 0.2) is 53.2 Å². The first-order valence-electron chi connectivity index (χ1n) is 12.4. The summed E-state index contributed by atoms with van der Waals surface area (Å²) in [6.45, 7) is 19.0. The third kappa shape index (κ3) is 10.6. The van der Waals surface area contributed by atoms with Crippen molar-refractivity contribution in [2.45, 2.75) is 78.8 Å². The molecule has 0 spiro atoms. The topological polar surface area (TPSA) is 44.4 Å². The molecule has 35 heavy (non-hydrogen) atoms. The predicted octanol–water partition coefficient (Wildman–Crippen LogP) is 8.02. The summed E-state index contributed by atoms with van der Waals surface area (Å²) in [5.74, 6) is 0.295. The zero-order valence-electron chi connectivity index (χ0n) is 22.1. The number of carbonyl (C=O) groups is 1. The number of rotatable bonds is 10. The van der Waals surface area contributed by atoms with Gasteiger partial charge >= 0.3 is 0 Å². The van der Waals surface area contributed by atoms with Gasteiger partial charge in [-0.15, -0.1) is 0 Å². The molecule has 0 aromatic heterocycles. The molecule has 0 radical (unpaired) electrons. The van der Waals surface area contributed by atoms with Crippen molar-refractivity contribution in [2.24, 2.45) is 0 Å². The van der Waals surface area contributed by atoms with Crippen molar-refractivity contribution >= 4 is 40.7 Å². The van der Waals surface area contributed by atoms with Crippen LogP contribution in [0.25, 0.3) is 0 Å². The lowest BCUT2D eigenvalue weighted by atomic mass is 9.98. The zero-order valence-corrected chi connectivity index (χ0v) is 24.4. The van der Waals surface area contributed by atoms with Gasteiger partial charge in [0.1, 0.15) is 0 Å². The summed E-state index contributed by atoms with van der Waals surface area (Å²) in [7, 11) is 0. The fourth-order valence-corrected chi connectivity index (χ4v) is 4.57. The van der Waals surface area contributed by atoms with E-state index in [1.54, 1.807) is 6.07 Å². The van der Waals surface area contributed by atoms with Crippen LogP contribution < -0.4 is 10.6 Å². The summed E-state index contributed by atoms with van der Waals surface area (Å²) in [6.07, 6.45) is 7.95. The molecular formula is C28H42Cl3N3O. The van der Waals surface area contributed by atoms with E-state index in [9.17, 15) is 4.79 Å². The predicted molar refractivity (Wildman–Crippen MR) is 153 cm³/mol. The molecule has 1 aromatic carbocycles. The van der Waals surface area contributed by atoms with Gasteiger partial charge in [-0.3, -0.25) is 4.79 Å². The third-order valence-corrected chi connectivity index (χ3v) is 6.70. The quantitative estimate of drug-likeness (QED) is 0.294. The molecule has 1 amide bonds. The van der Waals surface area contributed by atoms with Crippen LogP contribution >= 0.6 is 34.8 Å². The second kappa shape index (κ2) is 15.6. The summed E-state index contributed by atoms with van der Waals surface area (Å²) >= 11 is 18.2. The van der Waals surface area contributed by atoms with E-state index in [-0.39, 0.29) is 11.6 Å². The molecule has 196 valence electrons. The maximum absolute atomic E-state index is 12.3. The van der Waals surface area contributed by atoms with E-state index in [4.69, 9.17) is 34.8 Å². The highest BCUT2D eigenvalue weighted by atomic mass is 35.5. The van der Waals surface area contributed by atoms with Gasteiger partial charge in [0, 0.05) is 28.8 Å². The van der Waals surface area contributed by atoms with Crippen molar-refractivity contribution in [1.82, 2.24) is 15.5 Å². The molecule has 0 bridgehead atoms. The number of hydrogen-bond donors (Lipinski definition) is 2. The number of hydrogen-bond acceptors (Lipinski definition) is 3.